The van der Waals surface area contributed by atoms with Crippen molar-refractivity contribution in [2.24, 2.45) is 0 Å². The van der Waals surface area contributed by atoms with Gasteiger partial charge in [-0.05, 0) is 69.9 Å². The maximum absolute atomic E-state index is 7.03. The second-order valence-corrected chi connectivity index (χ2v) is 13.6. The fourth-order valence-corrected chi connectivity index (χ4v) is 8.08. The number of fused-ring (bicyclic) bond motifs is 5. The summed E-state index contributed by atoms with van der Waals surface area (Å²) >= 11 is 0. The van der Waals surface area contributed by atoms with E-state index in [4.69, 9.17) is 4.42 Å². The van der Waals surface area contributed by atoms with Gasteiger partial charge in [0.2, 0.25) is 0 Å². The highest BCUT2D eigenvalue weighted by atomic mass is 16.3. The molecule has 212 valence electrons. The van der Waals surface area contributed by atoms with E-state index in [0.717, 1.165) is 23.5 Å². The number of furan rings is 1. The first-order valence-electron chi connectivity index (χ1n) is 15.9. The Bertz CT molecular complexity index is 2030. The fraction of sp³-hybridized carbons (Fsp3) is 0.171. The highest BCUT2D eigenvalue weighted by Gasteiger charge is 2.52. The molecule has 0 saturated heterocycles. The summed E-state index contributed by atoms with van der Waals surface area (Å²) in [7, 11) is 0. The first-order valence-corrected chi connectivity index (χ1v) is 15.9. The largest absolute Gasteiger partial charge is 0.473 e. The Morgan fingerprint density at radius 1 is 0.636 bits per heavy atom. The zero-order valence-electron chi connectivity index (χ0n) is 25.5. The molecule has 44 heavy (non-hydrogen) atoms. The van der Waals surface area contributed by atoms with Gasteiger partial charge >= 0.3 is 0 Å². The summed E-state index contributed by atoms with van der Waals surface area (Å²) in [6.07, 6.45) is 2.33. The van der Waals surface area contributed by atoms with E-state index in [1.807, 2.05) is 0 Å². The van der Waals surface area contributed by atoms with E-state index in [0.29, 0.717) is 0 Å². The van der Waals surface area contributed by atoms with Crippen LogP contribution in [0.25, 0.3) is 0 Å². The average molecular weight is 568 g/mol. The first-order chi connectivity index (χ1) is 21.5. The molecule has 6 aromatic rings. The van der Waals surface area contributed by atoms with Crippen molar-refractivity contribution in [3.63, 3.8) is 0 Å². The standard InChI is InChI=1S/C41H34BNO/c1-40(2,3)37-26-36-39(44-37)42-34-19-11-10-17-32(34)41(29-13-6-4-7-14-29,30-15-8-5-9-16-30)33-18-12-20-35(38(33)42)43(36)31-24-23-27-21-22-28(27)25-31/h4-20,23-26H,21-22H2,1-3H3. The SMILES string of the molecule is CC(C)(C)c1cc2c(o1)B1c3ccccc3C(c3ccccc3)(c3ccccc3)c3cccc(c31)N2c1ccc2c(c1)CC2. The van der Waals surface area contributed by atoms with Crippen LogP contribution in [0.5, 0.6) is 0 Å². The molecule has 0 N–H and O–H groups in total. The highest BCUT2D eigenvalue weighted by molar-refractivity contribution is 6.98. The minimum absolute atomic E-state index is 0.00745. The molecule has 2 nitrogen and oxygen atoms in total. The molecule has 1 aromatic heterocycles. The van der Waals surface area contributed by atoms with Crippen LogP contribution in [-0.2, 0) is 23.7 Å². The Morgan fingerprint density at radius 3 is 1.95 bits per heavy atom. The van der Waals surface area contributed by atoms with Crippen LogP contribution < -0.4 is 21.5 Å². The summed E-state index contributed by atoms with van der Waals surface area (Å²) in [6, 6.07) is 47.6. The Morgan fingerprint density at radius 2 is 1.30 bits per heavy atom. The summed E-state index contributed by atoms with van der Waals surface area (Å²) in [4.78, 5) is 2.48. The van der Waals surface area contributed by atoms with E-state index < -0.39 is 5.41 Å². The molecule has 0 fully saturated rings. The van der Waals surface area contributed by atoms with E-state index in [1.165, 1.54) is 62.1 Å². The van der Waals surface area contributed by atoms with Crippen LogP contribution in [0.2, 0.25) is 0 Å². The zero-order chi connectivity index (χ0) is 29.6. The van der Waals surface area contributed by atoms with Gasteiger partial charge in [0.05, 0.1) is 16.8 Å². The summed E-state index contributed by atoms with van der Waals surface area (Å²) < 4.78 is 7.03. The molecular formula is C41H34BNO. The van der Waals surface area contributed by atoms with Gasteiger partial charge in [-0.25, -0.2) is 0 Å². The van der Waals surface area contributed by atoms with Gasteiger partial charge in [0, 0.05) is 22.9 Å². The quantitative estimate of drug-likeness (QED) is 0.204. The maximum Gasteiger partial charge on any atom is 0.293 e. The molecule has 3 heteroatoms. The lowest BCUT2D eigenvalue weighted by molar-refractivity contribution is 0.424. The van der Waals surface area contributed by atoms with E-state index in [9.17, 15) is 0 Å². The lowest BCUT2D eigenvalue weighted by Gasteiger charge is -2.47. The minimum atomic E-state index is -0.482. The molecule has 3 heterocycles. The van der Waals surface area contributed by atoms with Gasteiger partial charge < -0.3 is 9.32 Å². The highest BCUT2D eigenvalue weighted by Crippen LogP contribution is 2.49. The van der Waals surface area contributed by atoms with Gasteiger partial charge in [0.1, 0.15) is 5.76 Å². The van der Waals surface area contributed by atoms with Gasteiger partial charge in [-0.1, -0.05) is 129 Å². The zero-order valence-corrected chi connectivity index (χ0v) is 25.5. The number of hydrogen-bond acceptors (Lipinski definition) is 2. The van der Waals surface area contributed by atoms with Crippen molar-refractivity contribution >= 4 is 40.4 Å². The summed E-state index contributed by atoms with van der Waals surface area (Å²) in [6.45, 7) is 6.73. The second kappa shape index (κ2) is 9.13. The molecule has 5 aromatic carbocycles. The predicted molar refractivity (Wildman–Crippen MR) is 182 cm³/mol. The molecule has 0 bridgehead atoms. The Hall–Kier alpha value is -4.76. The first kappa shape index (κ1) is 25.7. The molecule has 0 amide bonds. The third-order valence-corrected chi connectivity index (χ3v) is 10.2. The van der Waals surface area contributed by atoms with E-state index in [1.54, 1.807) is 0 Å². The average Bonchev–Trinajstić information content (AvgIpc) is 3.49. The normalized spacial score (nSPS) is 15.5. The van der Waals surface area contributed by atoms with Gasteiger partial charge in [-0.3, -0.25) is 0 Å². The van der Waals surface area contributed by atoms with Crippen molar-refractivity contribution in [3.8, 4) is 0 Å². The third-order valence-electron chi connectivity index (χ3n) is 10.2. The van der Waals surface area contributed by atoms with E-state index in [2.05, 4.69) is 153 Å². The second-order valence-electron chi connectivity index (χ2n) is 13.6. The van der Waals surface area contributed by atoms with Crippen molar-refractivity contribution in [1.29, 1.82) is 0 Å². The van der Waals surface area contributed by atoms with Crippen molar-refractivity contribution in [2.45, 2.75) is 44.4 Å². The van der Waals surface area contributed by atoms with Crippen LogP contribution >= 0.6 is 0 Å². The smallest absolute Gasteiger partial charge is 0.293 e. The molecule has 0 radical (unpaired) electrons. The van der Waals surface area contributed by atoms with Crippen LogP contribution in [0.15, 0.2) is 132 Å². The topological polar surface area (TPSA) is 16.4 Å². The van der Waals surface area contributed by atoms with E-state index >= 15 is 0 Å². The van der Waals surface area contributed by atoms with Crippen LogP contribution in [0.1, 0.15) is 59.9 Å². The van der Waals surface area contributed by atoms with Gasteiger partial charge in [0.15, 0.2) is 0 Å². The summed E-state index contributed by atoms with van der Waals surface area (Å²) in [5.41, 5.74) is 14.8. The Balaban J connectivity index is 1.43. The van der Waals surface area contributed by atoms with E-state index in [-0.39, 0.29) is 12.1 Å². The number of rotatable bonds is 3. The fourth-order valence-electron chi connectivity index (χ4n) is 8.08. The van der Waals surface area contributed by atoms with Crippen molar-refractivity contribution < 1.29 is 4.42 Å². The Labute approximate surface area is 260 Å². The summed E-state index contributed by atoms with van der Waals surface area (Å²) in [5.74, 6) is 1.02. The number of benzene rings is 5. The predicted octanol–water partition coefficient (Wildman–Crippen LogP) is 7.67. The molecule has 3 aliphatic rings. The van der Waals surface area contributed by atoms with Crippen LogP contribution in [0.4, 0.5) is 17.1 Å². The van der Waals surface area contributed by atoms with Crippen molar-refractivity contribution in [2.75, 3.05) is 4.90 Å². The van der Waals surface area contributed by atoms with Crippen molar-refractivity contribution in [3.05, 3.63) is 167 Å². The molecule has 2 aliphatic heterocycles. The van der Waals surface area contributed by atoms with Crippen molar-refractivity contribution in [1.82, 2.24) is 0 Å². The maximum atomic E-state index is 7.03. The van der Waals surface area contributed by atoms with Crippen LogP contribution in [0.3, 0.4) is 0 Å². The molecule has 0 saturated carbocycles. The molecule has 0 spiro atoms. The number of hydrogen-bond donors (Lipinski definition) is 0. The molecule has 0 unspecified atom stereocenters. The number of anilines is 3. The molecule has 1 aliphatic carbocycles. The van der Waals surface area contributed by atoms with Gasteiger partial charge in [-0.15, -0.1) is 0 Å². The minimum Gasteiger partial charge on any atom is -0.473 e. The van der Waals surface area contributed by atoms with Crippen LogP contribution in [0, 0.1) is 0 Å². The Kier molecular flexibility index (Phi) is 5.33. The monoisotopic (exact) mass is 567 g/mol. The molecule has 0 atom stereocenters. The number of aryl methyl sites for hydroxylation is 2. The van der Waals surface area contributed by atoms with Gasteiger partial charge in [-0.2, -0.15) is 0 Å². The van der Waals surface area contributed by atoms with Gasteiger partial charge in [0.25, 0.3) is 6.71 Å². The molecule has 9 rings (SSSR count). The third kappa shape index (κ3) is 3.38. The summed E-state index contributed by atoms with van der Waals surface area (Å²) in [5, 5.41) is 0. The number of nitrogens with zero attached hydrogens (tertiary/aromatic N) is 1. The lowest BCUT2D eigenvalue weighted by atomic mass is 9.31. The molecular weight excluding hydrogens is 533 g/mol. The van der Waals surface area contributed by atoms with Crippen LogP contribution in [-0.4, -0.2) is 6.71 Å². The lowest BCUT2D eigenvalue weighted by Crippen LogP contribution is -2.64.